The van der Waals surface area contributed by atoms with Gasteiger partial charge in [0.25, 0.3) is 11.8 Å². The predicted octanol–water partition coefficient (Wildman–Crippen LogP) is 3.21. The minimum atomic E-state index is -2.39. The van der Waals surface area contributed by atoms with Crippen molar-refractivity contribution in [2.24, 2.45) is 11.3 Å². The number of carbonyl (C=O) groups excluding carboxylic acids is 7. The number of amides is 2. The summed E-state index contributed by atoms with van der Waals surface area (Å²) in [6.45, 7) is 6.72. The van der Waals surface area contributed by atoms with Gasteiger partial charge in [0.05, 0.1) is 27.4 Å². The zero-order valence-corrected chi connectivity index (χ0v) is 43.6. The number of fused-ring (bicyclic) bond motifs is 6. The fourth-order valence-corrected chi connectivity index (χ4v) is 15.1. The number of hydrogen-bond acceptors (Lipinski definition) is 18. The number of benzene rings is 2. The summed E-state index contributed by atoms with van der Waals surface area (Å²) in [7, 11) is 5.96. The number of aliphatic hydroxyl groups is 1. The van der Waals surface area contributed by atoms with Crippen LogP contribution < -0.4 is 9.64 Å². The first kappa shape index (κ1) is 52.3. The second kappa shape index (κ2) is 19.4. The van der Waals surface area contributed by atoms with Gasteiger partial charge in [-0.1, -0.05) is 44.2 Å². The molecule has 2 bridgehead atoms. The summed E-state index contributed by atoms with van der Waals surface area (Å²) in [4.78, 5) is 109. The Bertz CT molecular complexity index is 2850. The molecular formula is C55H67N5O15. The van der Waals surface area contributed by atoms with Crippen molar-refractivity contribution in [3.05, 3.63) is 70.9 Å². The van der Waals surface area contributed by atoms with Gasteiger partial charge in [0.2, 0.25) is 5.60 Å². The highest BCUT2D eigenvalue weighted by atomic mass is 16.7. The smallest absolute Gasteiger partial charge is 0.344 e. The van der Waals surface area contributed by atoms with Crippen molar-refractivity contribution < 1.29 is 71.9 Å². The van der Waals surface area contributed by atoms with E-state index in [0.29, 0.717) is 98.9 Å². The summed E-state index contributed by atoms with van der Waals surface area (Å²) >= 11 is 0. The van der Waals surface area contributed by atoms with Gasteiger partial charge >= 0.3 is 23.9 Å². The Morgan fingerprint density at radius 3 is 2.36 bits per heavy atom. The number of nitrogens with one attached hydrogen (secondary N) is 1. The maximum atomic E-state index is 15.7. The molecule has 1 aliphatic carbocycles. The molecule has 10 rings (SSSR count). The summed E-state index contributed by atoms with van der Waals surface area (Å²) in [5.41, 5.74) is -2.84. The van der Waals surface area contributed by atoms with E-state index >= 15 is 4.79 Å². The predicted molar refractivity (Wildman–Crippen MR) is 267 cm³/mol. The Balaban J connectivity index is 1.10. The molecule has 4 fully saturated rings. The Morgan fingerprint density at radius 2 is 1.68 bits per heavy atom. The van der Waals surface area contributed by atoms with E-state index in [-0.39, 0.29) is 25.2 Å². The average molecular weight is 1040 g/mol. The number of imide groups is 1. The zero-order valence-electron chi connectivity index (χ0n) is 43.6. The largest absolute Gasteiger partial charge is 0.496 e. The van der Waals surface area contributed by atoms with Gasteiger partial charge in [-0.05, 0) is 74.2 Å². The van der Waals surface area contributed by atoms with Gasteiger partial charge in [-0.25, -0.2) is 9.59 Å². The molecule has 20 nitrogen and oxygen atoms in total. The normalized spacial score (nSPS) is 33.0. The van der Waals surface area contributed by atoms with Crippen molar-refractivity contribution in [3.63, 3.8) is 0 Å². The Labute approximate surface area is 434 Å². The molecule has 11 atom stereocenters. The van der Waals surface area contributed by atoms with Gasteiger partial charge in [-0.3, -0.25) is 33.8 Å². The molecule has 3 aromatic rings. The van der Waals surface area contributed by atoms with Crippen molar-refractivity contribution >= 4 is 58.6 Å². The third-order valence-electron chi connectivity index (χ3n) is 17.8. The minimum absolute atomic E-state index is 0.00113. The van der Waals surface area contributed by atoms with Crippen LogP contribution in [0.4, 0.5) is 5.69 Å². The first-order valence-electron chi connectivity index (χ1n) is 26.0. The number of piperidine rings is 1. The number of anilines is 1. The molecule has 7 aliphatic rings. The summed E-state index contributed by atoms with van der Waals surface area (Å²) in [6, 6.07) is 10.4. The first-order chi connectivity index (χ1) is 35.9. The Morgan fingerprint density at radius 1 is 0.933 bits per heavy atom. The number of ether oxygens (including phenoxy) is 6. The molecule has 2 aromatic carbocycles. The topological polar surface area (TPSA) is 233 Å². The molecule has 1 aromatic heterocycles. The number of methoxy groups -OCH3 is 3. The Kier molecular flexibility index (Phi) is 13.5. The van der Waals surface area contributed by atoms with Crippen LogP contribution in [0.3, 0.4) is 0 Å². The van der Waals surface area contributed by atoms with E-state index in [4.69, 9.17) is 33.3 Å². The second-order valence-corrected chi connectivity index (χ2v) is 21.5. The lowest BCUT2D eigenvalue weighted by Gasteiger charge is -2.63. The summed E-state index contributed by atoms with van der Waals surface area (Å²) in [5, 5.41) is 15.0. The van der Waals surface area contributed by atoms with E-state index in [1.54, 1.807) is 7.11 Å². The number of hydrogen-bond donors (Lipinski definition) is 2. The number of aromatic amines is 1. The molecule has 3 unspecified atom stereocenters. The zero-order chi connectivity index (χ0) is 53.4. The van der Waals surface area contributed by atoms with Crippen LogP contribution in [0.2, 0.25) is 0 Å². The van der Waals surface area contributed by atoms with Crippen LogP contribution in [0.15, 0.2) is 48.6 Å². The van der Waals surface area contributed by atoms with E-state index in [1.807, 2.05) is 74.3 Å². The SMILES string of the molecule is CC[C@]1(OC(=O)COC(C=O)CON2C(=O)CCC2=O)C[C@H]2CN(CCc3c([nH]c4ccccc34)C(C(=O)OC)(c3cc4c(cc3OC)N(C)[C@H]3[C@@](O)(C(=O)OC)[C@H](OC(C)=O)[C@]5(CC)C=CCN6CC[C@]43[C@@H]65)C2)C1. The number of esters is 4. The number of H-pyrrole nitrogens is 1. The molecule has 1 saturated carbocycles. The molecule has 2 amide bonds. The quantitative estimate of drug-likeness (QED) is 0.0732. The van der Waals surface area contributed by atoms with E-state index < -0.39 is 101 Å². The number of rotatable bonds is 15. The van der Waals surface area contributed by atoms with Crippen molar-refractivity contribution in [2.75, 3.05) is 79.2 Å². The van der Waals surface area contributed by atoms with Crippen LogP contribution >= 0.6 is 0 Å². The number of likely N-dealkylation sites (N-methyl/N-ethyl adjacent to an activating group) is 1. The summed E-state index contributed by atoms with van der Waals surface area (Å²) in [6.07, 6.45) is 4.09. The standard InChI is InChI=1S/C55H67N5O15/c1-8-51(75-44(65)30-72-34(28-61)29-73-60-42(63)15-16-43(60)64)25-33-26-54(49(66)70-6,45-36(17-21-58(27-33)31-51)35-13-10-11-14-39(35)56-45)38-23-37-40(24-41(38)69-5)57(4)47-53(37)19-22-59-20-12-18-52(9-2,46(53)59)48(74-32(3)62)55(47,68)50(67)71-7/h10-14,18,23-24,28,33-34,46-48,56,68H,8-9,15-17,19-22,25-27,29-31H2,1-7H3/t33-,34?,46+,47-,48-,51+,52-,53-,54?,55+/m1/s1. The van der Waals surface area contributed by atoms with Gasteiger partial charge in [0.1, 0.15) is 36.1 Å². The van der Waals surface area contributed by atoms with Crippen LogP contribution in [-0.2, 0) is 79.3 Å². The number of carbonyl (C=O) groups is 7. The highest BCUT2D eigenvalue weighted by Crippen LogP contribution is 2.68. The fraction of sp³-hybridized carbons (Fsp3) is 0.582. The van der Waals surface area contributed by atoms with Crippen molar-refractivity contribution in [1.82, 2.24) is 19.8 Å². The van der Waals surface area contributed by atoms with Gasteiger partial charge in [-0.2, -0.15) is 5.06 Å². The third kappa shape index (κ3) is 7.82. The molecule has 0 radical (unpaired) electrons. The van der Waals surface area contributed by atoms with Gasteiger partial charge in [0.15, 0.2) is 12.4 Å². The fourth-order valence-electron chi connectivity index (χ4n) is 15.1. The number of nitrogens with zero attached hydrogens (tertiary/aromatic N) is 4. The van der Waals surface area contributed by atoms with Gasteiger partial charge in [-0.15, -0.1) is 0 Å². The van der Waals surface area contributed by atoms with Gasteiger partial charge < -0.3 is 48.2 Å². The molecule has 402 valence electrons. The van der Waals surface area contributed by atoms with E-state index in [1.165, 1.54) is 21.1 Å². The molecule has 6 aliphatic heterocycles. The lowest BCUT2D eigenvalue weighted by molar-refractivity contribution is -0.228. The van der Waals surface area contributed by atoms with Crippen LogP contribution in [0.1, 0.15) is 88.1 Å². The highest BCUT2D eigenvalue weighted by Gasteiger charge is 2.80. The van der Waals surface area contributed by atoms with Crippen molar-refractivity contribution in [2.45, 2.75) is 118 Å². The maximum Gasteiger partial charge on any atom is 0.344 e. The van der Waals surface area contributed by atoms with E-state index in [0.717, 1.165) is 22.0 Å². The van der Waals surface area contributed by atoms with Crippen molar-refractivity contribution in [1.29, 1.82) is 0 Å². The molecule has 1 spiro atoms. The molecule has 7 heterocycles. The summed E-state index contributed by atoms with van der Waals surface area (Å²) < 4.78 is 36.2. The third-order valence-corrected chi connectivity index (χ3v) is 17.8. The lowest BCUT2D eigenvalue weighted by atomic mass is 9.47. The number of aldehydes is 1. The van der Waals surface area contributed by atoms with E-state index in [2.05, 4.69) is 14.8 Å². The van der Waals surface area contributed by atoms with Gasteiger partial charge in [0, 0.05) is 104 Å². The number of aromatic nitrogens is 1. The van der Waals surface area contributed by atoms with Crippen LogP contribution in [-0.4, -0.2) is 177 Å². The van der Waals surface area contributed by atoms with Crippen LogP contribution in [0.5, 0.6) is 5.75 Å². The number of para-hydroxylation sites is 1. The molecule has 3 saturated heterocycles. The summed E-state index contributed by atoms with van der Waals surface area (Å²) in [5.74, 6) is -3.90. The first-order valence-corrected chi connectivity index (χ1v) is 26.0. The monoisotopic (exact) mass is 1040 g/mol. The molecule has 75 heavy (non-hydrogen) atoms. The van der Waals surface area contributed by atoms with E-state index in [9.17, 15) is 33.9 Å². The van der Waals surface area contributed by atoms with Crippen LogP contribution in [0.25, 0.3) is 10.9 Å². The molecule has 20 heteroatoms. The average Bonchev–Trinajstić information content (AvgIpc) is 4.16. The minimum Gasteiger partial charge on any atom is -0.496 e. The number of hydroxylamine groups is 2. The maximum absolute atomic E-state index is 15.7. The second-order valence-electron chi connectivity index (χ2n) is 21.5. The Hall–Kier alpha value is -6.19. The van der Waals surface area contributed by atoms with Crippen LogP contribution in [0, 0.1) is 11.3 Å². The highest BCUT2D eigenvalue weighted by molar-refractivity contribution is 6.00. The van der Waals surface area contributed by atoms with Crippen molar-refractivity contribution in [3.8, 4) is 5.75 Å². The lowest BCUT2D eigenvalue weighted by Crippen LogP contribution is -2.81. The molecular weight excluding hydrogens is 971 g/mol. The molecule has 2 N–H and O–H groups in total.